The zero-order valence-corrected chi connectivity index (χ0v) is 18.5. The lowest BCUT2D eigenvalue weighted by molar-refractivity contribution is -0.115. The molecule has 31 heavy (non-hydrogen) atoms. The molecule has 0 unspecified atom stereocenters. The standard InChI is InChI=1S/C25H31NO5/c1-29-20-15-18(16-21(30-2)23(20)31-3)22-19-11-7-8-12-25(19,28)13-14-26(22)24(27)17-9-5-4-6-10-17/h4-6,9-10,15-16,19,22,28H,7-8,11-14H2,1-3H3/t19-,22+,25-/m1/s1. The Morgan fingerprint density at radius 1 is 1.00 bits per heavy atom. The van der Waals surface area contributed by atoms with Gasteiger partial charge in [0.05, 0.1) is 33.0 Å². The van der Waals surface area contributed by atoms with E-state index in [2.05, 4.69) is 0 Å². The van der Waals surface area contributed by atoms with E-state index in [1.807, 2.05) is 47.4 Å². The number of piperidine rings is 1. The molecule has 0 spiro atoms. The van der Waals surface area contributed by atoms with E-state index in [0.717, 1.165) is 31.2 Å². The van der Waals surface area contributed by atoms with E-state index >= 15 is 0 Å². The largest absolute Gasteiger partial charge is 0.493 e. The van der Waals surface area contributed by atoms with Crippen molar-refractivity contribution in [1.29, 1.82) is 0 Å². The van der Waals surface area contributed by atoms with E-state index in [9.17, 15) is 9.90 Å². The highest BCUT2D eigenvalue weighted by molar-refractivity contribution is 5.94. The molecule has 166 valence electrons. The Kier molecular flexibility index (Phi) is 6.10. The van der Waals surface area contributed by atoms with Gasteiger partial charge in [0.1, 0.15) is 0 Å². The van der Waals surface area contributed by atoms with Crippen LogP contribution in [-0.4, -0.2) is 49.4 Å². The van der Waals surface area contributed by atoms with Crippen molar-refractivity contribution in [2.24, 2.45) is 5.92 Å². The number of carbonyl (C=O) groups excluding carboxylic acids is 1. The fraction of sp³-hybridized carbons (Fsp3) is 0.480. The summed E-state index contributed by atoms with van der Waals surface area (Å²) in [7, 11) is 4.75. The van der Waals surface area contributed by atoms with Crippen molar-refractivity contribution >= 4 is 5.91 Å². The lowest BCUT2D eigenvalue weighted by Gasteiger charge is -2.52. The van der Waals surface area contributed by atoms with Gasteiger partial charge in [-0.1, -0.05) is 31.0 Å². The van der Waals surface area contributed by atoms with Crippen LogP contribution in [0.15, 0.2) is 42.5 Å². The van der Waals surface area contributed by atoms with Gasteiger partial charge in [-0.15, -0.1) is 0 Å². The Hall–Kier alpha value is -2.73. The summed E-state index contributed by atoms with van der Waals surface area (Å²) in [5.74, 6) is 1.55. The zero-order valence-electron chi connectivity index (χ0n) is 18.5. The maximum atomic E-state index is 13.6. The lowest BCUT2D eigenvalue weighted by Crippen LogP contribution is -2.56. The van der Waals surface area contributed by atoms with Crippen molar-refractivity contribution in [2.45, 2.75) is 43.7 Å². The normalized spacial score (nSPS) is 25.5. The predicted octanol–water partition coefficient (Wildman–Crippen LogP) is 4.22. The minimum absolute atomic E-state index is 0.0213. The smallest absolute Gasteiger partial charge is 0.254 e. The second-order valence-corrected chi connectivity index (χ2v) is 8.47. The molecule has 0 bridgehead atoms. The molecule has 0 aromatic heterocycles. The average Bonchev–Trinajstić information content (AvgIpc) is 2.82. The molecule has 0 radical (unpaired) electrons. The number of nitrogens with zero attached hydrogens (tertiary/aromatic N) is 1. The number of fused-ring (bicyclic) bond motifs is 1. The Labute approximate surface area is 183 Å². The van der Waals surface area contributed by atoms with Gasteiger partial charge in [0.15, 0.2) is 11.5 Å². The minimum atomic E-state index is -0.767. The molecule has 2 aromatic rings. The molecule has 1 aliphatic carbocycles. The molecule has 4 rings (SSSR count). The van der Waals surface area contributed by atoms with Crippen molar-refractivity contribution in [1.82, 2.24) is 4.90 Å². The van der Waals surface area contributed by atoms with Gasteiger partial charge >= 0.3 is 0 Å². The molecule has 1 heterocycles. The number of rotatable bonds is 5. The summed E-state index contributed by atoms with van der Waals surface area (Å²) in [4.78, 5) is 15.5. The third-order valence-corrected chi connectivity index (χ3v) is 6.88. The van der Waals surface area contributed by atoms with Crippen LogP contribution in [0.1, 0.15) is 54.1 Å². The number of aliphatic hydroxyl groups is 1. The molecule has 1 amide bonds. The number of ether oxygens (including phenoxy) is 3. The third kappa shape index (κ3) is 3.85. The first-order valence-electron chi connectivity index (χ1n) is 10.9. The first-order chi connectivity index (χ1) is 15.0. The number of hydrogen-bond donors (Lipinski definition) is 1. The number of carbonyl (C=O) groups is 1. The number of amides is 1. The van der Waals surface area contributed by atoms with Crippen molar-refractivity contribution < 1.29 is 24.1 Å². The number of methoxy groups -OCH3 is 3. The zero-order chi connectivity index (χ0) is 22.0. The van der Waals surface area contributed by atoms with Gasteiger partial charge in [0.2, 0.25) is 5.75 Å². The topological polar surface area (TPSA) is 68.2 Å². The van der Waals surface area contributed by atoms with E-state index in [1.54, 1.807) is 21.3 Å². The summed E-state index contributed by atoms with van der Waals surface area (Å²) < 4.78 is 16.7. The first kappa shape index (κ1) is 21.5. The van der Waals surface area contributed by atoms with Crippen LogP contribution in [-0.2, 0) is 0 Å². The van der Waals surface area contributed by atoms with Gasteiger partial charge in [-0.05, 0) is 49.1 Å². The lowest BCUT2D eigenvalue weighted by atomic mass is 9.66. The molecule has 2 fully saturated rings. The van der Waals surface area contributed by atoms with Gasteiger partial charge in [-0.3, -0.25) is 4.79 Å². The maximum absolute atomic E-state index is 13.6. The number of hydrogen-bond acceptors (Lipinski definition) is 5. The highest BCUT2D eigenvalue weighted by Gasteiger charge is 2.50. The van der Waals surface area contributed by atoms with Crippen molar-refractivity contribution in [3.8, 4) is 17.2 Å². The average molecular weight is 426 g/mol. The summed E-state index contributed by atoms with van der Waals surface area (Å²) in [6.45, 7) is 0.502. The fourth-order valence-electron chi connectivity index (χ4n) is 5.34. The van der Waals surface area contributed by atoms with Crippen LogP contribution in [0.2, 0.25) is 0 Å². The van der Waals surface area contributed by atoms with Gasteiger partial charge in [0.25, 0.3) is 5.91 Å². The Morgan fingerprint density at radius 3 is 2.29 bits per heavy atom. The first-order valence-corrected chi connectivity index (χ1v) is 10.9. The molecule has 1 aliphatic heterocycles. The monoisotopic (exact) mass is 425 g/mol. The van der Waals surface area contributed by atoms with Gasteiger partial charge in [0, 0.05) is 18.0 Å². The summed E-state index contributed by atoms with van der Waals surface area (Å²) >= 11 is 0. The summed E-state index contributed by atoms with van der Waals surface area (Å²) in [5, 5.41) is 11.5. The summed E-state index contributed by atoms with van der Waals surface area (Å²) in [5.41, 5.74) is 0.779. The van der Waals surface area contributed by atoms with E-state index in [-0.39, 0.29) is 17.9 Å². The molecule has 2 aliphatic rings. The van der Waals surface area contributed by atoms with Crippen molar-refractivity contribution in [3.05, 3.63) is 53.6 Å². The van der Waals surface area contributed by atoms with Gasteiger partial charge in [-0.2, -0.15) is 0 Å². The highest BCUT2D eigenvalue weighted by atomic mass is 16.5. The molecule has 2 aromatic carbocycles. The molecule has 1 saturated carbocycles. The SMILES string of the molecule is COc1cc([C@H]2[C@H]3CCCC[C@@]3(O)CCN2C(=O)c2ccccc2)cc(OC)c1OC. The number of benzene rings is 2. The quantitative estimate of drug-likeness (QED) is 0.777. The Morgan fingerprint density at radius 2 is 1.68 bits per heavy atom. The second-order valence-electron chi connectivity index (χ2n) is 8.47. The van der Waals surface area contributed by atoms with Crippen LogP contribution in [0.5, 0.6) is 17.2 Å². The van der Waals surface area contributed by atoms with Crippen molar-refractivity contribution in [3.63, 3.8) is 0 Å². The Balaban J connectivity index is 1.83. The predicted molar refractivity (Wildman–Crippen MR) is 118 cm³/mol. The molecule has 1 N–H and O–H groups in total. The van der Waals surface area contributed by atoms with Crippen LogP contribution in [0, 0.1) is 5.92 Å². The molecule has 6 heteroatoms. The molecular formula is C25H31NO5. The highest BCUT2D eigenvalue weighted by Crippen LogP contribution is 2.51. The van der Waals surface area contributed by atoms with E-state index in [4.69, 9.17) is 14.2 Å². The second kappa shape index (κ2) is 8.79. The van der Waals surface area contributed by atoms with Crippen LogP contribution >= 0.6 is 0 Å². The molecular weight excluding hydrogens is 394 g/mol. The number of likely N-dealkylation sites (tertiary alicyclic amines) is 1. The molecule has 1 saturated heterocycles. The van der Waals surface area contributed by atoms with Gasteiger partial charge in [-0.25, -0.2) is 0 Å². The van der Waals surface area contributed by atoms with Crippen LogP contribution in [0.3, 0.4) is 0 Å². The summed E-state index contributed by atoms with van der Waals surface area (Å²) in [6, 6.07) is 12.9. The molecule has 3 atom stereocenters. The van der Waals surface area contributed by atoms with Crippen LogP contribution in [0.25, 0.3) is 0 Å². The van der Waals surface area contributed by atoms with Crippen LogP contribution < -0.4 is 14.2 Å². The minimum Gasteiger partial charge on any atom is -0.493 e. The Bertz CT molecular complexity index is 906. The van der Waals surface area contributed by atoms with E-state index in [1.165, 1.54) is 0 Å². The van der Waals surface area contributed by atoms with E-state index in [0.29, 0.717) is 35.8 Å². The maximum Gasteiger partial charge on any atom is 0.254 e. The summed E-state index contributed by atoms with van der Waals surface area (Å²) in [6.07, 6.45) is 4.29. The third-order valence-electron chi connectivity index (χ3n) is 6.88. The van der Waals surface area contributed by atoms with Crippen molar-refractivity contribution in [2.75, 3.05) is 27.9 Å². The molecule has 6 nitrogen and oxygen atoms in total. The fourth-order valence-corrected chi connectivity index (χ4v) is 5.34. The van der Waals surface area contributed by atoms with Crippen LogP contribution in [0.4, 0.5) is 0 Å². The van der Waals surface area contributed by atoms with Gasteiger partial charge < -0.3 is 24.2 Å². The van der Waals surface area contributed by atoms with E-state index < -0.39 is 5.60 Å².